The minimum Gasteiger partial charge on any atom is -1.00 e. The molecule has 0 bridgehead atoms. The monoisotopic (exact) mass is 412 g/mol. The van der Waals surface area contributed by atoms with E-state index in [9.17, 15) is 4.79 Å². The van der Waals surface area contributed by atoms with Gasteiger partial charge in [0.05, 0.1) is 0 Å². The summed E-state index contributed by atoms with van der Waals surface area (Å²) in [4.78, 5) is 13.0. The van der Waals surface area contributed by atoms with Crippen molar-refractivity contribution in [3.8, 4) is 0 Å². The summed E-state index contributed by atoms with van der Waals surface area (Å²) in [5.41, 5.74) is 0. The largest absolute Gasteiger partial charge is 1.00 e. The number of halogens is 1. The molecular formula is C24H26ClO2P. The fourth-order valence-corrected chi connectivity index (χ4v) is 7.51. The maximum atomic E-state index is 13.0. The van der Waals surface area contributed by atoms with Crippen molar-refractivity contribution in [3.05, 3.63) is 91.0 Å². The summed E-state index contributed by atoms with van der Waals surface area (Å²) in [6.45, 7) is 2.86. The fourth-order valence-electron chi connectivity index (χ4n) is 3.41. The highest BCUT2D eigenvalue weighted by Gasteiger charge is 2.46. The zero-order chi connectivity index (χ0) is 19.0. The van der Waals surface area contributed by atoms with E-state index in [0.29, 0.717) is 12.8 Å². The standard InChI is InChI=1S/C24H26O2P.ClH/c1-2-18-26-19-21(25)20-27(22-12-6-3-7-13-22,23-14-8-4-9-15-23)24-16-10-5-11-17-24;/h3-17H,2,18-20H2,1H3;1H/q+1;/p-1. The molecule has 0 saturated carbocycles. The molecule has 0 spiro atoms. The zero-order valence-corrected chi connectivity index (χ0v) is 17.8. The molecule has 0 aromatic heterocycles. The molecule has 0 fully saturated rings. The van der Waals surface area contributed by atoms with Gasteiger partial charge < -0.3 is 17.1 Å². The van der Waals surface area contributed by atoms with Gasteiger partial charge in [0.15, 0.2) is 5.78 Å². The lowest BCUT2D eigenvalue weighted by molar-refractivity contribution is -0.121. The van der Waals surface area contributed by atoms with Gasteiger partial charge in [-0.3, -0.25) is 4.79 Å². The van der Waals surface area contributed by atoms with Crippen LogP contribution in [0.4, 0.5) is 0 Å². The van der Waals surface area contributed by atoms with Gasteiger partial charge in [-0.05, 0) is 42.8 Å². The Labute approximate surface area is 174 Å². The van der Waals surface area contributed by atoms with E-state index in [2.05, 4.69) is 79.7 Å². The third-order valence-electron chi connectivity index (χ3n) is 4.62. The Morgan fingerprint density at radius 2 is 1.14 bits per heavy atom. The Balaban J connectivity index is 0.00000280. The van der Waals surface area contributed by atoms with E-state index >= 15 is 0 Å². The number of ketones is 1. The molecule has 0 amide bonds. The SMILES string of the molecule is CCCOCC(=O)C[P+](c1ccccc1)(c1ccccc1)c1ccccc1.[Cl-]. The smallest absolute Gasteiger partial charge is 0.196 e. The average Bonchev–Trinajstić information content (AvgIpc) is 2.74. The van der Waals surface area contributed by atoms with E-state index in [0.717, 1.165) is 6.42 Å². The molecule has 0 aliphatic heterocycles. The van der Waals surface area contributed by atoms with Gasteiger partial charge in [0.2, 0.25) is 0 Å². The first kappa shape index (κ1) is 22.3. The zero-order valence-electron chi connectivity index (χ0n) is 16.1. The van der Waals surface area contributed by atoms with E-state index in [1.165, 1.54) is 15.9 Å². The van der Waals surface area contributed by atoms with Gasteiger partial charge in [-0.2, -0.15) is 0 Å². The van der Waals surface area contributed by atoms with Crippen LogP contribution in [0.2, 0.25) is 0 Å². The highest BCUT2D eigenvalue weighted by molar-refractivity contribution is 7.96. The highest BCUT2D eigenvalue weighted by atomic mass is 35.5. The maximum Gasteiger partial charge on any atom is 0.196 e. The van der Waals surface area contributed by atoms with Crippen LogP contribution in [0.3, 0.4) is 0 Å². The lowest BCUT2D eigenvalue weighted by Crippen LogP contribution is -3.00. The molecule has 3 rings (SSSR count). The summed E-state index contributed by atoms with van der Waals surface area (Å²) in [5, 5.41) is 3.68. The van der Waals surface area contributed by atoms with Crippen LogP contribution >= 0.6 is 7.26 Å². The van der Waals surface area contributed by atoms with Crippen LogP contribution in [0.1, 0.15) is 13.3 Å². The third kappa shape index (κ3) is 5.08. The molecule has 28 heavy (non-hydrogen) atoms. The van der Waals surface area contributed by atoms with Crippen LogP contribution in [0.25, 0.3) is 0 Å². The number of carbonyl (C=O) groups excluding carboxylic acids is 1. The second-order valence-electron chi connectivity index (χ2n) is 6.57. The summed E-state index contributed by atoms with van der Waals surface area (Å²) >= 11 is 0. The van der Waals surface area contributed by atoms with Crippen LogP contribution < -0.4 is 28.3 Å². The van der Waals surface area contributed by atoms with Gasteiger partial charge >= 0.3 is 0 Å². The molecule has 0 heterocycles. The number of ether oxygens (including phenoxy) is 1. The Hall–Kier alpha value is -1.99. The summed E-state index contributed by atoms with van der Waals surface area (Å²) in [7, 11) is -2.09. The molecule has 0 saturated heterocycles. The first-order chi connectivity index (χ1) is 13.3. The van der Waals surface area contributed by atoms with E-state index in [4.69, 9.17) is 4.74 Å². The predicted octanol–water partition coefficient (Wildman–Crippen LogP) is 0.980. The quantitative estimate of drug-likeness (QED) is 0.387. The lowest BCUT2D eigenvalue weighted by atomic mass is 10.3. The Bertz CT molecular complexity index is 742. The van der Waals surface area contributed by atoms with Crippen molar-refractivity contribution < 1.29 is 21.9 Å². The normalized spacial score (nSPS) is 10.9. The van der Waals surface area contributed by atoms with Crippen molar-refractivity contribution in [1.82, 2.24) is 0 Å². The van der Waals surface area contributed by atoms with Crippen molar-refractivity contribution in [3.63, 3.8) is 0 Å². The molecule has 3 aromatic carbocycles. The summed E-state index contributed by atoms with van der Waals surface area (Å²) < 4.78 is 5.57. The molecule has 0 atom stereocenters. The number of hydrogen-bond donors (Lipinski definition) is 0. The highest BCUT2D eigenvalue weighted by Crippen LogP contribution is 2.55. The van der Waals surface area contributed by atoms with E-state index in [-0.39, 0.29) is 24.8 Å². The van der Waals surface area contributed by atoms with Gasteiger partial charge in [0.1, 0.15) is 35.9 Å². The van der Waals surface area contributed by atoms with Crippen LogP contribution in [-0.4, -0.2) is 25.2 Å². The van der Waals surface area contributed by atoms with Crippen LogP contribution in [0.5, 0.6) is 0 Å². The van der Waals surface area contributed by atoms with Crippen molar-refractivity contribution in [1.29, 1.82) is 0 Å². The lowest BCUT2D eigenvalue weighted by Gasteiger charge is -2.27. The van der Waals surface area contributed by atoms with Gasteiger partial charge in [0, 0.05) is 6.61 Å². The molecule has 146 valence electrons. The third-order valence-corrected chi connectivity index (χ3v) is 8.98. The average molecular weight is 413 g/mol. The number of carbonyl (C=O) groups is 1. The molecule has 0 aliphatic rings. The van der Waals surface area contributed by atoms with Crippen molar-refractivity contribution in [2.24, 2.45) is 0 Å². The van der Waals surface area contributed by atoms with Crippen LogP contribution in [-0.2, 0) is 9.53 Å². The van der Waals surface area contributed by atoms with Crippen molar-refractivity contribution in [2.75, 3.05) is 19.4 Å². The van der Waals surface area contributed by atoms with E-state index in [1.54, 1.807) is 0 Å². The topological polar surface area (TPSA) is 26.3 Å². The summed E-state index contributed by atoms with van der Waals surface area (Å²) in [5.74, 6) is 0.161. The minimum absolute atomic E-state index is 0. The van der Waals surface area contributed by atoms with Gasteiger partial charge in [-0.15, -0.1) is 0 Å². The Kier molecular flexibility index (Phi) is 8.86. The van der Waals surface area contributed by atoms with Crippen molar-refractivity contribution in [2.45, 2.75) is 13.3 Å². The molecule has 0 N–H and O–H groups in total. The number of Topliss-reactive ketones (excluding diaryl/α,β-unsaturated/α-hetero) is 1. The molecule has 4 heteroatoms. The molecule has 3 aromatic rings. The second kappa shape index (κ2) is 11.1. The summed E-state index contributed by atoms with van der Waals surface area (Å²) in [6, 6.07) is 31.4. The fraction of sp³-hybridized carbons (Fsp3) is 0.208. The van der Waals surface area contributed by atoms with Gasteiger partial charge in [0.25, 0.3) is 0 Å². The van der Waals surface area contributed by atoms with Crippen LogP contribution in [0, 0.1) is 0 Å². The molecule has 0 aliphatic carbocycles. The molecule has 0 radical (unpaired) electrons. The van der Waals surface area contributed by atoms with Gasteiger partial charge in [-0.1, -0.05) is 61.5 Å². The number of rotatable bonds is 9. The Morgan fingerprint density at radius 1 is 0.750 bits per heavy atom. The maximum absolute atomic E-state index is 13.0. The first-order valence-electron chi connectivity index (χ1n) is 9.41. The molecule has 0 unspecified atom stereocenters. The number of benzene rings is 3. The predicted molar refractivity (Wildman–Crippen MR) is 116 cm³/mol. The van der Waals surface area contributed by atoms with Crippen LogP contribution in [0.15, 0.2) is 91.0 Å². The molecular weight excluding hydrogens is 387 g/mol. The van der Waals surface area contributed by atoms with Crippen molar-refractivity contribution >= 4 is 29.0 Å². The molecule has 2 nitrogen and oxygen atoms in total. The first-order valence-corrected chi connectivity index (χ1v) is 11.4. The minimum atomic E-state index is -2.09. The van der Waals surface area contributed by atoms with E-state index in [1.807, 2.05) is 18.2 Å². The van der Waals surface area contributed by atoms with E-state index < -0.39 is 7.26 Å². The second-order valence-corrected chi connectivity index (χ2v) is 10.1. The Morgan fingerprint density at radius 3 is 1.50 bits per heavy atom. The number of hydrogen-bond acceptors (Lipinski definition) is 2. The van der Waals surface area contributed by atoms with Gasteiger partial charge in [-0.25, -0.2) is 0 Å². The summed E-state index contributed by atoms with van der Waals surface area (Å²) in [6.07, 6.45) is 1.40.